The number of hydrogen-bond donors (Lipinski definition) is 2. The molecule has 1 aromatic rings. The third kappa shape index (κ3) is 1.94. The zero-order valence-corrected chi connectivity index (χ0v) is 8.55. The van der Waals surface area contributed by atoms with Crippen LogP contribution in [-0.4, -0.2) is 10.2 Å². The SMILES string of the molecule is Cc1cc(O)cc(O)c1C(C)(C)C. The van der Waals surface area contributed by atoms with Crippen molar-refractivity contribution in [3.05, 3.63) is 23.3 Å². The van der Waals surface area contributed by atoms with Crippen molar-refractivity contribution in [2.24, 2.45) is 0 Å². The topological polar surface area (TPSA) is 40.5 Å². The molecule has 0 fully saturated rings. The van der Waals surface area contributed by atoms with Crippen LogP contribution in [0.3, 0.4) is 0 Å². The molecule has 0 saturated carbocycles. The quantitative estimate of drug-likeness (QED) is 0.644. The molecule has 0 spiro atoms. The molecule has 0 saturated heterocycles. The average Bonchev–Trinajstić information content (AvgIpc) is 1.78. The van der Waals surface area contributed by atoms with Gasteiger partial charge in [-0.1, -0.05) is 20.8 Å². The fourth-order valence-corrected chi connectivity index (χ4v) is 1.73. The summed E-state index contributed by atoms with van der Waals surface area (Å²) in [6.45, 7) is 7.99. The monoisotopic (exact) mass is 180 g/mol. The molecule has 2 nitrogen and oxygen atoms in total. The zero-order valence-electron chi connectivity index (χ0n) is 8.55. The highest BCUT2D eigenvalue weighted by Gasteiger charge is 2.20. The van der Waals surface area contributed by atoms with Gasteiger partial charge in [-0.3, -0.25) is 0 Å². The first-order chi connectivity index (χ1) is 5.82. The van der Waals surface area contributed by atoms with Gasteiger partial charge in [-0.15, -0.1) is 0 Å². The first-order valence-electron chi connectivity index (χ1n) is 4.35. The summed E-state index contributed by atoms with van der Waals surface area (Å²) in [5.41, 5.74) is 1.72. The molecule has 0 amide bonds. The van der Waals surface area contributed by atoms with Crippen molar-refractivity contribution in [2.75, 3.05) is 0 Å². The Bertz CT molecular complexity index is 298. The number of aryl methyl sites for hydroxylation is 1. The summed E-state index contributed by atoms with van der Waals surface area (Å²) in [5.74, 6) is 0.285. The first-order valence-corrected chi connectivity index (χ1v) is 4.35. The lowest BCUT2D eigenvalue weighted by atomic mass is 9.83. The lowest BCUT2D eigenvalue weighted by Crippen LogP contribution is -2.13. The third-order valence-corrected chi connectivity index (χ3v) is 2.05. The Morgan fingerprint density at radius 2 is 1.62 bits per heavy atom. The molecule has 0 unspecified atom stereocenters. The fourth-order valence-electron chi connectivity index (χ4n) is 1.73. The Labute approximate surface area is 78.8 Å². The van der Waals surface area contributed by atoms with E-state index in [1.54, 1.807) is 6.07 Å². The van der Waals surface area contributed by atoms with E-state index in [0.717, 1.165) is 11.1 Å². The highest BCUT2D eigenvalue weighted by atomic mass is 16.3. The van der Waals surface area contributed by atoms with Crippen LogP contribution in [0.4, 0.5) is 0 Å². The van der Waals surface area contributed by atoms with E-state index in [9.17, 15) is 10.2 Å². The predicted molar refractivity (Wildman–Crippen MR) is 53.2 cm³/mol. The average molecular weight is 180 g/mol. The summed E-state index contributed by atoms with van der Waals surface area (Å²) in [4.78, 5) is 0. The molecule has 0 atom stereocenters. The normalized spacial score (nSPS) is 11.7. The van der Waals surface area contributed by atoms with Gasteiger partial charge in [0, 0.05) is 11.6 Å². The van der Waals surface area contributed by atoms with Gasteiger partial charge in [-0.2, -0.15) is 0 Å². The molecule has 1 aromatic carbocycles. The summed E-state index contributed by atoms with van der Waals surface area (Å²) in [6.07, 6.45) is 0. The van der Waals surface area contributed by atoms with Gasteiger partial charge < -0.3 is 10.2 Å². The molecular weight excluding hydrogens is 164 g/mol. The molecule has 0 aliphatic heterocycles. The van der Waals surface area contributed by atoms with Crippen LogP contribution in [0.1, 0.15) is 31.9 Å². The second kappa shape index (κ2) is 2.95. The Kier molecular flexibility index (Phi) is 2.24. The van der Waals surface area contributed by atoms with Crippen LogP contribution in [0, 0.1) is 6.92 Å². The van der Waals surface area contributed by atoms with Crippen LogP contribution in [0.25, 0.3) is 0 Å². The molecular formula is C11H16O2. The molecule has 0 heterocycles. The van der Waals surface area contributed by atoms with E-state index < -0.39 is 0 Å². The molecule has 2 heteroatoms. The first kappa shape index (κ1) is 9.90. The highest BCUT2D eigenvalue weighted by Crippen LogP contribution is 2.35. The van der Waals surface area contributed by atoms with E-state index >= 15 is 0 Å². The van der Waals surface area contributed by atoms with Gasteiger partial charge in [0.25, 0.3) is 0 Å². The highest BCUT2D eigenvalue weighted by molar-refractivity contribution is 5.48. The van der Waals surface area contributed by atoms with Crippen molar-refractivity contribution in [1.82, 2.24) is 0 Å². The molecule has 0 aliphatic rings. The van der Waals surface area contributed by atoms with Crippen molar-refractivity contribution in [2.45, 2.75) is 33.1 Å². The number of rotatable bonds is 0. The molecule has 0 bridgehead atoms. The summed E-state index contributed by atoms with van der Waals surface area (Å²) >= 11 is 0. The van der Waals surface area contributed by atoms with Crippen molar-refractivity contribution >= 4 is 0 Å². The summed E-state index contributed by atoms with van der Waals surface area (Å²) in [6, 6.07) is 3.05. The minimum atomic E-state index is -0.0954. The van der Waals surface area contributed by atoms with Crippen molar-refractivity contribution in [3.8, 4) is 11.5 Å². The van der Waals surface area contributed by atoms with Gasteiger partial charge in [0.1, 0.15) is 11.5 Å². The summed E-state index contributed by atoms with van der Waals surface area (Å²) in [5, 5.41) is 18.9. The standard InChI is InChI=1S/C11H16O2/c1-7-5-8(12)6-9(13)10(7)11(2,3)4/h5-6,12-13H,1-4H3. The van der Waals surface area contributed by atoms with Gasteiger partial charge in [-0.05, 0) is 24.0 Å². The second-order valence-corrected chi connectivity index (χ2v) is 4.41. The second-order valence-electron chi connectivity index (χ2n) is 4.41. The van der Waals surface area contributed by atoms with Crippen LogP contribution in [0.15, 0.2) is 12.1 Å². The Balaban J connectivity index is 3.38. The minimum absolute atomic E-state index is 0.0954. The summed E-state index contributed by atoms with van der Waals surface area (Å²) in [7, 11) is 0. The number of hydrogen-bond acceptors (Lipinski definition) is 2. The smallest absolute Gasteiger partial charge is 0.123 e. The van der Waals surface area contributed by atoms with E-state index in [4.69, 9.17) is 0 Å². The molecule has 0 aliphatic carbocycles. The molecule has 2 N–H and O–H groups in total. The maximum Gasteiger partial charge on any atom is 0.123 e. The Morgan fingerprint density at radius 3 is 2.00 bits per heavy atom. The van der Waals surface area contributed by atoms with Gasteiger partial charge >= 0.3 is 0 Å². The molecule has 1 rings (SSSR count). The van der Waals surface area contributed by atoms with Gasteiger partial charge in [-0.25, -0.2) is 0 Å². The Morgan fingerprint density at radius 1 is 1.08 bits per heavy atom. The van der Waals surface area contributed by atoms with Gasteiger partial charge in [0.2, 0.25) is 0 Å². The molecule has 13 heavy (non-hydrogen) atoms. The number of aromatic hydroxyl groups is 2. The van der Waals surface area contributed by atoms with E-state index in [1.807, 2.05) is 27.7 Å². The van der Waals surface area contributed by atoms with Crippen molar-refractivity contribution in [3.63, 3.8) is 0 Å². The molecule has 0 radical (unpaired) electrons. The molecule has 72 valence electrons. The number of phenolic OH excluding ortho intramolecular Hbond substituents is 2. The zero-order chi connectivity index (χ0) is 10.2. The lowest BCUT2D eigenvalue weighted by molar-refractivity contribution is 0.430. The van der Waals surface area contributed by atoms with Crippen LogP contribution in [0.5, 0.6) is 11.5 Å². The van der Waals surface area contributed by atoms with Crippen molar-refractivity contribution < 1.29 is 10.2 Å². The van der Waals surface area contributed by atoms with Crippen molar-refractivity contribution in [1.29, 1.82) is 0 Å². The number of phenols is 2. The number of benzene rings is 1. The van der Waals surface area contributed by atoms with E-state index in [0.29, 0.717) is 0 Å². The van der Waals surface area contributed by atoms with E-state index in [1.165, 1.54) is 6.07 Å². The van der Waals surface area contributed by atoms with E-state index in [-0.39, 0.29) is 16.9 Å². The minimum Gasteiger partial charge on any atom is -0.508 e. The van der Waals surface area contributed by atoms with Gasteiger partial charge in [0.05, 0.1) is 0 Å². The maximum absolute atomic E-state index is 9.65. The van der Waals surface area contributed by atoms with Crippen LogP contribution in [-0.2, 0) is 5.41 Å². The predicted octanol–water partition coefficient (Wildman–Crippen LogP) is 2.70. The molecule has 0 aromatic heterocycles. The maximum atomic E-state index is 9.65. The van der Waals surface area contributed by atoms with Crippen LogP contribution >= 0.6 is 0 Å². The van der Waals surface area contributed by atoms with Gasteiger partial charge in [0.15, 0.2) is 0 Å². The van der Waals surface area contributed by atoms with Crippen LogP contribution < -0.4 is 0 Å². The lowest BCUT2D eigenvalue weighted by Gasteiger charge is -2.22. The van der Waals surface area contributed by atoms with Crippen LogP contribution in [0.2, 0.25) is 0 Å². The largest absolute Gasteiger partial charge is 0.508 e. The summed E-state index contributed by atoms with van der Waals surface area (Å²) < 4.78 is 0. The Hall–Kier alpha value is -1.18. The fraction of sp³-hybridized carbons (Fsp3) is 0.455. The third-order valence-electron chi connectivity index (χ3n) is 2.05. The van der Waals surface area contributed by atoms with E-state index in [2.05, 4.69) is 0 Å².